The van der Waals surface area contributed by atoms with Gasteiger partial charge < -0.3 is 15.8 Å². The first-order chi connectivity index (χ1) is 9.22. The molecule has 1 aliphatic heterocycles. The highest BCUT2D eigenvalue weighted by molar-refractivity contribution is 6.01. The van der Waals surface area contributed by atoms with Crippen molar-refractivity contribution < 1.29 is 4.74 Å². The molecule has 1 saturated carbocycles. The van der Waals surface area contributed by atoms with Gasteiger partial charge in [0.05, 0.1) is 11.7 Å². The number of anilines is 2. The van der Waals surface area contributed by atoms with Crippen molar-refractivity contribution >= 4 is 17.2 Å². The number of benzene rings is 1. The van der Waals surface area contributed by atoms with E-state index in [0.29, 0.717) is 6.04 Å². The number of nitrogens with zero attached hydrogens (tertiary/aromatic N) is 1. The molecule has 1 aromatic rings. The number of amidine groups is 1. The minimum Gasteiger partial charge on any atom is -0.481 e. The fraction of sp³-hybridized carbons (Fsp3) is 0.533. The zero-order chi connectivity index (χ0) is 13.2. The Balaban J connectivity index is 1.80. The van der Waals surface area contributed by atoms with Crippen LogP contribution in [0.15, 0.2) is 23.2 Å². The number of fused-ring (bicyclic) bond motifs is 1. The van der Waals surface area contributed by atoms with E-state index in [0.717, 1.165) is 23.0 Å². The van der Waals surface area contributed by atoms with Crippen molar-refractivity contribution in [3.63, 3.8) is 0 Å². The number of nitrogen functional groups attached to an aromatic ring is 1. The lowest BCUT2D eigenvalue weighted by molar-refractivity contribution is 0.281. The largest absolute Gasteiger partial charge is 0.481 e. The molecule has 102 valence electrons. The molecule has 0 amide bonds. The van der Waals surface area contributed by atoms with Crippen molar-refractivity contribution in [3.05, 3.63) is 18.2 Å². The standard InChI is InChI=1S/C15H21N3O/c1-10-15(17-12-5-3-2-4-6-12)18-13-8-7-11(16)9-14(13)19-10/h7-10,12H,2-6,16H2,1H3,(H,17,18). The van der Waals surface area contributed by atoms with E-state index in [1.807, 2.05) is 25.1 Å². The number of hydrogen-bond acceptors (Lipinski definition) is 3. The van der Waals surface area contributed by atoms with Crippen LogP contribution in [-0.4, -0.2) is 18.0 Å². The minimum atomic E-state index is -0.0313. The Kier molecular flexibility index (Phi) is 3.32. The highest BCUT2D eigenvalue weighted by Crippen LogP contribution is 2.32. The lowest BCUT2D eigenvalue weighted by Gasteiger charge is -2.28. The van der Waals surface area contributed by atoms with E-state index in [2.05, 4.69) is 5.32 Å². The van der Waals surface area contributed by atoms with E-state index in [9.17, 15) is 0 Å². The molecule has 1 atom stereocenters. The molecule has 3 N–H and O–H groups in total. The van der Waals surface area contributed by atoms with Gasteiger partial charge in [0, 0.05) is 11.8 Å². The molecule has 0 bridgehead atoms. The van der Waals surface area contributed by atoms with Crippen molar-refractivity contribution in [2.75, 3.05) is 11.1 Å². The summed E-state index contributed by atoms with van der Waals surface area (Å²) in [5.41, 5.74) is 7.46. The topological polar surface area (TPSA) is 59.6 Å². The van der Waals surface area contributed by atoms with Crippen LogP contribution >= 0.6 is 0 Å². The third-order valence-electron chi connectivity index (χ3n) is 3.85. The van der Waals surface area contributed by atoms with Crippen molar-refractivity contribution in [1.29, 1.82) is 0 Å². The van der Waals surface area contributed by atoms with Gasteiger partial charge in [0.15, 0.2) is 6.10 Å². The van der Waals surface area contributed by atoms with Gasteiger partial charge in [-0.25, -0.2) is 0 Å². The number of hydrogen-bond donors (Lipinski definition) is 2. The first kappa shape index (κ1) is 12.3. The summed E-state index contributed by atoms with van der Waals surface area (Å²) in [7, 11) is 0. The second kappa shape index (κ2) is 5.11. The Morgan fingerprint density at radius 1 is 1.26 bits per heavy atom. The molecular weight excluding hydrogens is 238 g/mol. The van der Waals surface area contributed by atoms with Crippen LogP contribution in [0, 0.1) is 0 Å². The Morgan fingerprint density at radius 3 is 2.84 bits per heavy atom. The lowest BCUT2D eigenvalue weighted by Crippen LogP contribution is -2.36. The van der Waals surface area contributed by atoms with Gasteiger partial charge >= 0.3 is 0 Å². The summed E-state index contributed by atoms with van der Waals surface area (Å²) in [6.45, 7) is 2.03. The van der Waals surface area contributed by atoms with E-state index in [1.54, 1.807) is 0 Å². The number of nitrogens with one attached hydrogen (secondary N) is 1. The maximum absolute atomic E-state index is 5.89. The second-order valence-electron chi connectivity index (χ2n) is 5.45. The van der Waals surface area contributed by atoms with Gasteiger partial charge in [0.1, 0.15) is 11.6 Å². The smallest absolute Gasteiger partial charge is 0.153 e. The molecule has 1 unspecified atom stereocenters. The molecule has 1 aliphatic carbocycles. The Labute approximate surface area is 114 Å². The normalized spacial score (nSPS) is 25.5. The molecule has 0 aromatic heterocycles. The van der Waals surface area contributed by atoms with Crippen LogP contribution in [0.5, 0.6) is 5.75 Å². The van der Waals surface area contributed by atoms with Crippen LogP contribution in [0.1, 0.15) is 39.0 Å². The summed E-state index contributed by atoms with van der Waals surface area (Å²) in [6, 6.07) is 6.14. The molecule has 1 heterocycles. The molecule has 0 spiro atoms. The summed E-state index contributed by atoms with van der Waals surface area (Å²) in [4.78, 5) is 4.85. The SMILES string of the molecule is CC1Oc2cc(N)ccc2NC1=NC1CCCCC1. The predicted molar refractivity (Wildman–Crippen MR) is 78.9 cm³/mol. The van der Waals surface area contributed by atoms with E-state index in [1.165, 1.54) is 32.1 Å². The van der Waals surface area contributed by atoms with Gasteiger partial charge in [-0.05, 0) is 31.9 Å². The molecule has 2 aliphatic rings. The fourth-order valence-electron chi connectivity index (χ4n) is 2.77. The molecule has 3 rings (SSSR count). The van der Waals surface area contributed by atoms with Crippen molar-refractivity contribution in [3.8, 4) is 5.75 Å². The number of rotatable bonds is 1. The maximum Gasteiger partial charge on any atom is 0.153 e. The van der Waals surface area contributed by atoms with Crippen molar-refractivity contribution in [2.24, 2.45) is 4.99 Å². The summed E-state index contributed by atoms with van der Waals surface area (Å²) >= 11 is 0. The third kappa shape index (κ3) is 2.67. The van der Waals surface area contributed by atoms with Gasteiger partial charge in [-0.15, -0.1) is 0 Å². The van der Waals surface area contributed by atoms with Gasteiger partial charge in [-0.1, -0.05) is 19.3 Å². The zero-order valence-corrected chi connectivity index (χ0v) is 11.4. The average Bonchev–Trinajstić information content (AvgIpc) is 2.41. The van der Waals surface area contributed by atoms with Crippen LogP contribution in [-0.2, 0) is 0 Å². The Bertz CT molecular complexity index is 492. The first-order valence-corrected chi connectivity index (χ1v) is 7.13. The van der Waals surface area contributed by atoms with Crippen LogP contribution in [0.2, 0.25) is 0 Å². The number of aliphatic imine (C=N–C) groups is 1. The molecule has 1 fully saturated rings. The van der Waals surface area contributed by atoms with Gasteiger partial charge in [-0.3, -0.25) is 4.99 Å². The first-order valence-electron chi connectivity index (χ1n) is 7.13. The average molecular weight is 259 g/mol. The van der Waals surface area contributed by atoms with E-state index < -0.39 is 0 Å². The highest BCUT2D eigenvalue weighted by atomic mass is 16.5. The summed E-state index contributed by atoms with van der Waals surface area (Å²) in [5.74, 6) is 1.76. The Morgan fingerprint density at radius 2 is 2.05 bits per heavy atom. The van der Waals surface area contributed by atoms with Crippen molar-refractivity contribution in [2.45, 2.75) is 51.2 Å². The summed E-state index contributed by atoms with van der Waals surface area (Å²) in [6.07, 6.45) is 6.31. The van der Waals surface area contributed by atoms with Gasteiger partial charge in [0.25, 0.3) is 0 Å². The summed E-state index contributed by atoms with van der Waals surface area (Å²) < 4.78 is 5.89. The zero-order valence-electron chi connectivity index (χ0n) is 11.4. The monoisotopic (exact) mass is 259 g/mol. The number of nitrogens with two attached hydrogens (primary N) is 1. The van der Waals surface area contributed by atoms with Crippen LogP contribution in [0.4, 0.5) is 11.4 Å². The highest BCUT2D eigenvalue weighted by Gasteiger charge is 2.23. The van der Waals surface area contributed by atoms with Crippen LogP contribution in [0.25, 0.3) is 0 Å². The summed E-state index contributed by atoms with van der Waals surface area (Å²) in [5, 5.41) is 3.39. The predicted octanol–water partition coefficient (Wildman–Crippen LogP) is 3.19. The van der Waals surface area contributed by atoms with Gasteiger partial charge in [0.2, 0.25) is 0 Å². The quantitative estimate of drug-likeness (QED) is 0.761. The van der Waals surface area contributed by atoms with E-state index >= 15 is 0 Å². The molecular formula is C15H21N3O. The molecule has 1 aromatic carbocycles. The second-order valence-corrected chi connectivity index (χ2v) is 5.45. The molecule has 4 nitrogen and oxygen atoms in total. The third-order valence-corrected chi connectivity index (χ3v) is 3.85. The lowest BCUT2D eigenvalue weighted by atomic mass is 9.96. The molecule has 19 heavy (non-hydrogen) atoms. The molecule has 0 saturated heterocycles. The molecule has 0 radical (unpaired) electrons. The van der Waals surface area contributed by atoms with E-state index in [4.69, 9.17) is 15.5 Å². The number of ether oxygens (including phenoxy) is 1. The van der Waals surface area contributed by atoms with Crippen LogP contribution in [0.3, 0.4) is 0 Å². The fourth-order valence-corrected chi connectivity index (χ4v) is 2.77. The minimum absolute atomic E-state index is 0.0313. The van der Waals surface area contributed by atoms with Crippen LogP contribution < -0.4 is 15.8 Å². The van der Waals surface area contributed by atoms with Gasteiger partial charge in [-0.2, -0.15) is 0 Å². The van der Waals surface area contributed by atoms with E-state index in [-0.39, 0.29) is 6.10 Å². The maximum atomic E-state index is 5.89. The molecule has 4 heteroatoms. The Hall–Kier alpha value is -1.71. The van der Waals surface area contributed by atoms with Crippen molar-refractivity contribution in [1.82, 2.24) is 0 Å².